The van der Waals surface area contributed by atoms with E-state index >= 15 is 0 Å². The Hall–Kier alpha value is -1.75. The second-order valence-electron chi connectivity index (χ2n) is 4.48. The first-order valence-electron chi connectivity index (χ1n) is 6.41. The molecule has 1 N–H and O–H groups in total. The van der Waals surface area contributed by atoms with Crippen LogP contribution in [0, 0.1) is 0 Å². The van der Waals surface area contributed by atoms with Crippen molar-refractivity contribution in [1.82, 2.24) is 5.32 Å². The SMILES string of the molecule is O=C1NC(=Nc2ccccc2Cl)SC1=Cc1ccc(Cl)cc1. The molecule has 0 atom stereocenters. The van der Waals surface area contributed by atoms with Gasteiger partial charge in [-0.25, -0.2) is 4.99 Å². The highest BCUT2D eigenvalue weighted by atomic mass is 35.5. The Morgan fingerprint density at radius 3 is 2.50 bits per heavy atom. The molecule has 0 aliphatic carbocycles. The number of amidine groups is 1. The molecule has 3 nitrogen and oxygen atoms in total. The lowest BCUT2D eigenvalue weighted by molar-refractivity contribution is -0.115. The fraction of sp³-hybridized carbons (Fsp3) is 0. The molecule has 1 heterocycles. The van der Waals surface area contributed by atoms with Gasteiger partial charge in [0, 0.05) is 5.02 Å². The molecular formula is C16H10Cl2N2OS. The van der Waals surface area contributed by atoms with E-state index in [9.17, 15) is 4.79 Å². The number of carbonyl (C=O) groups excluding carboxylic acids is 1. The fourth-order valence-electron chi connectivity index (χ4n) is 1.84. The van der Waals surface area contributed by atoms with Gasteiger partial charge in [0.1, 0.15) is 0 Å². The Kier molecular flexibility index (Phi) is 4.52. The van der Waals surface area contributed by atoms with Gasteiger partial charge in [0.2, 0.25) is 0 Å². The minimum Gasteiger partial charge on any atom is -0.300 e. The quantitative estimate of drug-likeness (QED) is 0.785. The zero-order valence-corrected chi connectivity index (χ0v) is 13.5. The molecule has 2 aromatic rings. The number of carbonyl (C=O) groups is 1. The van der Waals surface area contributed by atoms with Crippen LogP contribution in [-0.2, 0) is 4.79 Å². The van der Waals surface area contributed by atoms with Crippen LogP contribution in [0.1, 0.15) is 5.56 Å². The van der Waals surface area contributed by atoms with Crippen molar-refractivity contribution in [3.8, 4) is 0 Å². The third-order valence-corrected chi connectivity index (χ3v) is 4.37. The Morgan fingerprint density at radius 1 is 1.05 bits per heavy atom. The van der Waals surface area contributed by atoms with Crippen LogP contribution in [0.4, 0.5) is 5.69 Å². The highest BCUT2D eigenvalue weighted by molar-refractivity contribution is 8.18. The van der Waals surface area contributed by atoms with Gasteiger partial charge in [-0.3, -0.25) is 4.79 Å². The van der Waals surface area contributed by atoms with Crippen molar-refractivity contribution in [3.63, 3.8) is 0 Å². The molecule has 2 aromatic carbocycles. The molecular weight excluding hydrogens is 339 g/mol. The third kappa shape index (κ3) is 3.53. The van der Waals surface area contributed by atoms with Gasteiger partial charge < -0.3 is 5.32 Å². The molecule has 0 bridgehead atoms. The van der Waals surface area contributed by atoms with E-state index in [0.29, 0.717) is 25.8 Å². The maximum atomic E-state index is 12.0. The summed E-state index contributed by atoms with van der Waals surface area (Å²) in [6, 6.07) is 14.5. The monoisotopic (exact) mass is 348 g/mol. The number of aliphatic imine (C=N–C) groups is 1. The predicted molar refractivity (Wildman–Crippen MR) is 93.7 cm³/mol. The highest BCUT2D eigenvalue weighted by Gasteiger charge is 2.23. The fourth-order valence-corrected chi connectivity index (χ4v) is 2.98. The molecule has 0 saturated carbocycles. The summed E-state index contributed by atoms with van der Waals surface area (Å²) >= 11 is 13.2. The van der Waals surface area contributed by atoms with Gasteiger partial charge in [-0.05, 0) is 47.7 Å². The van der Waals surface area contributed by atoms with Gasteiger partial charge in [-0.1, -0.05) is 47.5 Å². The summed E-state index contributed by atoms with van der Waals surface area (Å²) in [6.07, 6.45) is 1.80. The maximum absolute atomic E-state index is 12.0. The van der Waals surface area contributed by atoms with E-state index < -0.39 is 0 Å². The van der Waals surface area contributed by atoms with Gasteiger partial charge in [-0.2, -0.15) is 0 Å². The maximum Gasteiger partial charge on any atom is 0.264 e. The van der Waals surface area contributed by atoms with Crippen molar-refractivity contribution >= 4 is 57.8 Å². The van der Waals surface area contributed by atoms with Crippen molar-refractivity contribution < 1.29 is 4.79 Å². The topological polar surface area (TPSA) is 41.5 Å². The van der Waals surface area contributed by atoms with Gasteiger partial charge in [-0.15, -0.1) is 0 Å². The van der Waals surface area contributed by atoms with Crippen LogP contribution in [0.3, 0.4) is 0 Å². The number of nitrogens with one attached hydrogen (secondary N) is 1. The summed E-state index contributed by atoms with van der Waals surface area (Å²) in [5.41, 5.74) is 1.53. The van der Waals surface area contributed by atoms with Gasteiger partial charge in [0.15, 0.2) is 5.17 Å². The van der Waals surface area contributed by atoms with Crippen molar-refractivity contribution in [2.24, 2.45) is 4.99 Å². The van der Waals surface area contributed by atoms with Crippen LogP contribution in [0.15, 0.2) is 58.4 Å². The number of para-hydroxylation sites is 1. The van der Waals surface area contributed by atoms with E-state index in [2.05, 4.69) is 10.3 Å². The molecule has 22 heavy (non-hydrogen) atoms. The summed E-state index contributed by atoms with van der Waals surface area (Å²) in [7, 11) is 0. The van der Waals surface area contributed by atoms with Crippen LogP contribution in [0.25, 0.3) is 6.08 Å². The number of halogens is 2. The van der Waals surface area contributed by atoms with Crippen molar-refractivity contribution in [2.75, 3.05) is 0 Å². The summed E-state index contributed by atoms with van der Waals surface area (Å²) in [5.74, 6) is -0.175. The van der Waals surface area contributed by atoms with E-state index in [0.717, 1.165) is 5.56 Å². The van der Waals surface area contributed by atoms with Crippen LogP contribution >= 0.6 is 35.0 Å². The van der Waals surface area contributed by atoms with E-state index in [1.807, 2.05) is 24.3 Å². The van der Waals surface area contributed by atoms with Gasteiger partial charge in [0.25, 0.3) is 5.91 Å². The molecule has 3 rings (SSSR count). The van der Waals surface area contributed by atoms with E-state index in [-0.39, 0.29) is 5.91 Å². The molecule has 6 heteroatoms. The summed E-state index contributed by atoms with van der Waals surface area (Å²) in [4.78, 5) is 16.9. The number of benzene rings is 2. The molecule has 1 aliphatic heterocycles. The largest absolute Gasteiger partial charge is 0.300 e. The average Bonchev–Trinajstić information content (AvgIpc) is 2.84. The Morgan fingerprint density at radius 2 is 1.77 bits per heavy atom. The molecule has 0 spiro atoms. The van der Waals surface area contributed by atoms with Crippen LogP contribution in [-0.4, -0.2) is 11.1 Å². The zero-order chi connectivity index (χ0) is 15.5. The van der Waals surface area contributed by atoms with Crippen LogP contribution < -0.4 is 5.32 Å². The predicted octanol–water partition coefficient (Wildman–Crippen LogP) is 4.89. The lowest BCUT2D eigenvalue weighted by Gasteiger charge is -1.98. The molecule has 1 fully saturated rings. The number of thioether (sulfide) groups is 1. The summed E-state index contributed by atoms with van der Waals surface area (Å²) in [6.45, 7) is 0. The summed E-state index contributed by atoms with van der Waals surface area (Å²) in [5, 5.41) is 4.45. The second-order valence-corrected chi connectivity index (χ2v) is 6.36. The van der Waals surface area contributed by atoms with Crippen LogP contribution in [0.5, 0.6) is 0 Å². The third-order valence-electron chi connectivity index (χ3n) is 2.89. The Bertz CT molecular complexity index is 785. The summed E-state index contributed by atoms with van der Waals surface area (Å²) < 4.78 is 0. The smallest absolute Gasteiger partial charge is 0.264 e. The molecule has 1 saturated heterocycles. The molecule has 1 aliphatic rings. The molecule has 0 aromatic heterocycles. The first-order chi connectivity index (χ1) is 10.6. The number of hydrogen-bond acceptors (Lipinski definition) is 3. The van der Waals surface area contributed by atoms with Crippen molar-refractivity contribution in [1.29, 1.82) is 0 Å². The normalized spacial score (nSPS) is 18.0. The molecule has 1 amide bonds. The second kappa shape index (κ2) is 6.57. The first kappa shape index (κ1) is 15.2. The minimum atomic E-state index is -0.175. The zero-order valence-electron chi connectivity index (χ0n) is 11.2. The Balaban J connectivity index is 1.84. The van der Waals surface area contributed by atoms with Gasteiger partial charge >= 0.3 is 0 Å². The minimum absolute atomic E-state index is 0.175. The molecule has 110 valence electrons. The number of nitrogens with zero attached hydrogens (tertiary/aromatic N) is 1. The Labute approximate surface area is 142 Å². The number of amides is 1. The number of rotatable bonds is 2. The molecule has 0 unspecified atom stereocenters. The van der Waals surface area contributed by atoms with E-state index in [1.165, 1.54) is 11.8 Å². The standard InChI is InChI=1S/C16H10Cl2N2OS/c17-11-7-5-10(6-8-11)9-14-15(21)20-16(22-14)19-13-4-2-1-3-12(13)18/h1-9H,(H,19,20,21). The van der Waals surface area contributed by atoms with Gasteiger partial charge in [0.05, 0.1) is 15.6 Å². The average molecular weight is 349 g/mol. The van der Waals surface area contributed by atoms with E-state index in [4.69, 9.17) is 23.2 Å². The van der Waals surface area contributed by atoms with E-state index in [1.54, 1.807) is 30.3 Å². The number of hydrogen-bond donors (Lipinski definition) is 1. The lowest BCUT2D eigenvalue weighted by atomic mass is 10.2. The first-order valence-corrected chi connectivity index (χ1v) is 7.99. The van der Waals surface area contributed by atoms with Crippen molar-refractivity contribution in [3.05, 3.63) is 69.0 Å². The van der Waals surface area contributed by atoms with Crippen molar-refractivity contribution in [2.45, 2.75) is 0 Å². The highest BCUT2D eigenvalue weighted by Crippen LogP contribution is 2.30. The van der Waals surface area contributed by atoms with Crippen LogP contribution in [0.2, 0.25) is 10.0 Å². The lowest BCUT2D eigenvalue weighted by Crippen LogP contribution is -2.19. The molecule has 0 radical (unpaired) electrons.